The summed E-state index contributed by atoms with van der Waals surface area (Å²) in [5.41, 5.74) is 0. The van der Waals surface area contributed by atoms with Gasteiger partial charge in [-0.3, -0.25) is 0 Å². The maximum Gasteiger partial charge on any atom is 0.0701 e. The van der Waals surface area contributed by atoms with Gasteiger partial charge in [-0.2, -0.15) is 0 Å². The van der Waals surface area contributed by atoms with E-state index in [1.54, 1.807) is 0 Å². The lowest BCUT2D eigenvalue weighted by Gasteiger charge is -2.10. The molecule has 0 radical (unpaired) electrons. The first-order valence-corrected chi connectivity index (χ1v) is 7.13. The molecule has 1 unspecified atom stereocenters. The predicted molar refractivity (Wildman–Crippen MR) is 75.1 cm³/mol. The van der Waals surface area contributed by atoms with E-state index in [1.165, 1.54) is 6.42 Å². The van der Waals surface area contributed by atoms with E-state index in [9.17, 15) is 0 Å². The topological polar surface area (TPSA) is 39.7 Å². The van der Waals surface area contributed by atoms with Crippen molar-refractivity contribution in [1.82, 2.24) is 5.32 Å². The molecule has 0 spiro atoms. The van der Waals surface area contributed by atoms with Crippen LogP contribution in [0.4, 0.5) is 0 Å². The van der Waals surface area contributed by atoms with Crippen LogP contribution in [0.1, 0.15) is 34.1 Å². The van der Waals surface area contributed by atoms with Crippen molar-refractivity contribution >= 4 is 0 Å². The Bertz CT molecular complexity index is 165. The summed E-state index contributed by atoms with van der Waals surface area (Å²) in [6, 6.07) is 0.521. The number of hydrogen-bond acceptors (Lipinski definition) is 4. The molecule has 0 saturated heterocycles. The van der Waals surface area contributed by atoms with Crippen LogP contribution in [0.2, 0.25) is 0 Å². The van der Waals surface area contributed by atoms with Crippen LogP contribution in [0.25, 0.3) is 0 Å². The van der Waals surface area contributed by atoms with Gasteiger partial charge in [0.1, 0.15) is 0 Å². The van der Waals surface area contributed by atoms with Crippen molar-refractivity contribution in [2.24, 2.45) is 5.92 Å². The third-order valence-corrected chi connectivity index (χ3v) is 2.64. The molecule has 1 N–H and O–H groups in total. The molecule has 18 heavy (non-hydrogen) atoms. The molecule has 0 rings (SSSR count). The second-order valence-electron chi connectivity index (χ2n) is 4.92. The maximum absolute atomic E-state index is 5.48. The summed E-state index contributed by atoms with van der Waals surface area (Å²) >= 11 is 0. The van der Waals surface area contributed by atoms with E-state index < -0.39 is 0 Å². The zero-order valence-corrected chi connectivity index (χ0v) is 12.5. The quantitative estimate of drug-likeness (QED) is 0.515. The molecule has 0 aromatic carbocycles. The molecule has 0 aliphatic carbocycles. The van der Waals surface area contributed by atoms with Crippen LogP contribution in [0, 0.1) is 5.92 Å². The minimum atomic E-state index is 0.521. The third kappa shape index (κ3) is 13.9. The molecule has 4 nitrogen and oxygen atoms in total. The molecular formula is C14H31NO3. The van der Waals surface area contributed by atoms with E-state index in [0.29, 0.717) is 38.4 Å². The van der Waals surface area contributed by atoms with Crippen molar-refractivity contribution in [3.05, 3.63) is 0 Å². The van der Waals surface area contributed by atoms with Crippen LogP contribution in [0.5, 0.6) is 0 Å². The zero-order chi connectivity index (χ0) is 13.6. The fourth-order valence-electron chi connectivity index (χ4n) is 1.26. The Labute approximate surface area is 112 Å². The Morgan fingerprint density at radius 3 is 1.94 bits per heavy atom. The van der Waals surface area contributed by atoms with E-state index in [-0.39, 0.29) is 0 Å². The van der Waals surface area contributed by atoms with Gasteiger partial charge in [0.2, 0.25) is 0 Å². The number of ether oxygens (including phenoxy) is 3. The van der Waals surface area contributed by atoms with Gasteiger partial charge in [-0.25, -0.2) is 0 Å². The fraction of sp³-hybridized carbons (Fsp3) is 1.00. The minimum Gasteiger partial charge on any atom is -0.379 e. The SMILES string of the molecule is CCC(C)COCCOCCOCCNC(C)C. The second-order valence-corrected chi connectivity index (χ2v) is 4.92. The Morgan fingerprint density at radius 1 is 0.833 bits per heavy atom. The van der Waals surface area contributed by atoms with Gasteiger partial charge in [0.05, 0.1) is 33.0 Å². The van der Waals surface area contributed by atoms with Crippen LogP contribution in [0.15, 0.2) is 0 Å². The zero-order valence-electron chi connectivity index (χ0n) is 12.5. The van der Waals surface area contributed by atoms with Crippen molar-refractivity contribution < 1.29 is 14.2 Å². The van der Waals surface area contributed by atoms with Crippen LogP contribution < -0.4 is 5.32 Å². The van der Waals surface area contributed by atoms with Gasteiger partial charge >= 0.3 is 0 Å². The second kappa shape index (κ2) is 13.3. The Balaban J connectivity index is 2.99. The van der Waals surface area contributed by atoms with E-state index in [4.69, 9.17) is 14.2 Å². The van der Waals surface area contributed by atoms with Crippen molar-refractivity contribution in [3.63, 3.8) is 0 Å². The summed E-state index contributed by atoms with van der Waals surface area (Å²) in [7, 11) is 0. The first kappa shape index (κ1) is 17.8. The molecule has 0 amide bonds. The van der Waals surface area contributed by atoms with Crippen LogP contribution in [-0.2, 0) is 14.2 Å². The smallest absolute Gasteiger partial charge is 0.0701 e. The summed E-state index contributed by atoms with van der Waals surface area (Å²) in [5, 5.41) is 3.29. The predicted octanol–water partition coefficient (Wildman–Crippen LogP) is 2.08. The summed E-state index contributed by atoms with van der Waals surface area (Å²) in [5.74, 6) is 0.641. The average Bonchev–Trinajstić information content (AvgIpc) is 2.35. The Kier molecular flexibility index (Phi) is 13.2. The van der Waals surface area contributed by atoms with Gasteiger partial charge in [0.15, 0.2) is 0 Å². The largest absolute Gasteiger partial charge is 0.379 e. The molecule has 0 aliphatic heterocycles. The summed E-state index contributed by atoms with van der Waals surface area (Å²) < 4.78 is 16.3. The van der Waals surface area contributed by atoms with E-state index >= 15 is 0 Å². The first-order chi connectivity index (χ1) is 8.66. The van der Waals surface area contributed by atoms with Crippen molar-refractivity contribution in [3.8, 4) is 0 Å². The molecule has 0 bridgehead atoms. The summed E-state index contributed by atoms with van der Waals surface area (Å²) in [6.45, 7) is 13.7. The molecule has 0 heterocycles. The molecule has 0 aromatic heterocycles. The first-order valence-electron chi connectivity index (χ1n) is 7.13. The normalized spacial score (nSPS) is 13.2. The van der Waals surface area contributed by atoms with E-state index in [2.05, 4.69) is 33.0 Å². The van der Waals surface area contributed by atoms with Gasteiger partial charge in [-0.05, 0) is 5.92 Å². The van der Waals surface area contributed by atoms with Gasteiger partial charge in [0, 0.05) is 19.2 Å². The lowest BCUT2D eigenvalue weighted by Crippen LogP contribution is -2.27. The molecule has 4 heteroatoms. The molecule has 0 fully saturated rings. The summed E-state index contributed by atoms with van der Waals surface area (Å²) in [4.78, 5) is 0. The minimum absolute atomic E-state index is 0.521. The lowest BCUT2D eigenvalue weighted by molar-refractivity contribution is 0.00862. The van der Waals surface area contributed by atoms with Crippen LogP contribution >= 0.6 is 0 Å². The molecule has 1 atom stereocenters. The standard InChI is InChI=1S/C14H31NO3/c1-5-14(4)12-18-11-10-17-9-8-16-7-6-15-13(2)3/h13-15H,5-12H2,1-4H3. The fourth-order valence-corrected chi connectivity index (χ4v) is 1.26. The molecular weight excluding hydrogens is 230 g/mol. The summed E-state index contributed by atoms with van der Waals surface area (Å²) in [6.07, 6.45) is 1.17. The highest BCUT2D eigenvalue weighted by molar-refractivity contribution is 4.50. The van der Waals surface area contributed by atoms with Gasteiger partial charge in [-0.15, -0.1) is 0 Å². The highest BCUT2D eigenvalue weighted by atomic mass is 16.5. The highest BCUT2D eigenvalue weighted by Crippen LogP contribution is 1.99. The highest BCUT2D eigenvalue weighted by Gasteiger charge is 1.98. The van der Waals surface area contributed by atoms with Gasteiger partial charge in [-0.1, -0.05) is 34.1 Å². The number of nitrogens with one attached hydrogen (secondary N) is 1. The molecule has 0 aliphatic rings. The van der Waals surface area contributed by atoms with Gasteiger partial charge < -0.3 is 19.5 Å². The van der Waals surface area contributed by atoms with Crippen molar-refractivity contribution in [2.75, 3.05) is 46.2 Å². The maximum atomic E-state index is 5.48. The Morgan fingerprint density at radius 2 is 1.39 bits per heavy atom. The third-order valence-electron chi connectivity index (χ3n) is 2.64. The van der Waals surface area contributed by atoms with Gasteiger partial charge in [0.25, 0.3) is 0 Å². The van der Waals surface area contributed by atoms with E-state index in [1.807, 2.05) is 0 Å². The molecule has 0 aromatic rings. The number of hydrogen-bond donors (Lipinski definition) is 1. The molecule has 0 saturated carbocycles. The Hall–Kier alpha value is -0.160. The number of rotatable bonds is 13. The monoisotopic (exact) mass is 261 g/mol. The lowest BCUT2D eigenvalue weighted by atomic mass is 10.1. The molecule has 110 valence electrons. The van der Waals surface area contributed by atoms with Crippen LogP contribution in [-0.4, -0.2) is 52.2 Å². The average molecular weight is 261 g/mol. The van der Waals surface area contributed by atoms with Crippen molar-refractivity contribution in [2.45, 2.75) is 40.2 Å². The van der Waals surface area contributed by atoms with E-state index in [0.717, 1.165) is 19.8 Å². The van der Waals surface area contributed by atoms with Crippen molar-refractivity contribution in [1.29, 1.82) is 0 Å². The van der Waals surface area contributed by atoms with Crippen LogP contribution in [0.3, 0.4) is 0 Å².